The van der Waals surface area contributed by atoms with E-state index in [1.54, 1.807) is 6.07 Å². The third-order valence-corrected chi connectivity index (χ3v) is 3.89. The summed E-state index contributed by atoms with van der Waals surface area (Å²) in [6.45, 7) is 4.19. The van der Waals surface area contributed by atoms with E-state index in [1.807, 2.05) is 56.3 Å². The highest BCUT2D eigenvalue weighted by Gasteiger charge is 2.17. The first-order chi connectivity index (χ1) is 12.5. The lowest BCUT2D eigenvalue weighted by atomic mass is 10.1. The van der Waals surface area contributed by atoms with E-state index in [2.05, 4.69) is 16.9 Å². The molecule has 3 rings (SSSR count). The molecule has 0 bridgehead atoms. The number of carbonyl (C=O) groups is 1. The minimum atomic E-state index is -1.40. The lowest BCUT2D eigenvalue weighted by Gasteiger charge is -2.09. The van der Waals surface area contributed by atoms with Crippen LogP contribution in [0.5, 0.6) is 11.7 Å². The summed E-state index contributed by atoms with van der Waals surface area (Å²) in [5.74, 6) is 1.42. The monoisotopic (exact) mass is 352 g/mol. The molecular weight excluding hydrogens is 332 g/mol. The molecule has 0 fully saturated rings. The highest BCUT2D eigenvalue weighted by molar-refractivity contribution is 5.64. The van der Waals surface area contributed by atoms with Crippen LogP contribution in [0.15, 0.2) is 65.1 Å². The van der Waals surface area contributed by atoms with Crippen LogP contribution < -0.4 is 9.47 Å². The Morgan fingerprint density at radius 3 is 2.31 bits per heavy atom. The molecule has 5 nitrogen and oxygen atoms in total. The van der Waals surface area contributed by atoms with E-state index >= 15 is 0 Å². The zero-order chi connectivity index (χ0) is 18.5. The van der Waals surface area contributed by atoms with Crippen LogP contribution in [0.3, 0.4) is 0 Å². The Balaban J connectivity index is 1.70. The minimum absolute atomic E-state index is 0.0424. The van der Waals surface area contributed by atoms with Gasteiger partial charge in [-0.3, -0.25) is 0 Å². The molecule has 0 aliphatic heterocycles. The maximum atomic E-state index is 10.7. The van der Waals surface area contributed by atoms with Gasteiger partial charge in [-0.2, -0.15) is 0 Å². The van der Waals surface area contributed by atoms with Gasteiger partial charge in [0.05, 0.1) is 0 Å². The Labute approximate surface area is 151 Å². The van der Waals surface area contributed by atoms with Crippen molar-refractivity contribution in [2.24, 2.45) is 0 Å². The average Bonchev–Trinajstić information content (AvgIpc) is 3.03. The van der Waals surface area contributed by atoms with E-state index in [9.17, 15) is 4.79 Å². The van der Waals surface area contributed by atoms with Crippen LogP contribution in [0.1, 0.15) is 31.1 Å². The Hall–Kier alpha value is -3.21. The third-order valence-electron chi connectivity index (χ3n) is 3.89. The standard InChI is InChI=1S/C21H20O5/c1-14(2)20-17(12-19(25-20)26-21(22)23)13-24-18-10-8-16(9-11-18)15-6-4-3-5-7-15/h3-12,14H,13H2,1-2H3,(H,22,23). The molecule has 1 N–H and O–H groups in total. The number of furan rings is 1. The van der Waals surface area contributed by atoms with Gasteiger partial charge >= 0.3 is 6.16 Å². The zero-order valence-corrected chi connectivity index (χ0v) is 14.6. The predicted molar refractivity (Wildman–Crippen MR) is 97.7 cm³/mol. The van der Waals surface area contributed by atoms with Gasteiger partial charge in [0.15, 0.2) is 0 Å². The minimum Gasteiger partial charge on any atom is -0.489 e. The van der Waals surface area contributed by atoms with Crippen LogP contribution >= 0.6 is 0 Å². The van der Waals surface area contributed by atoms with Crippen molar-refractivity contribution in [2.45, 2.75) is 26.4 Å². The Kier molecular flexibility index (Phi) is 5.27. The molecule has 0 aliphatic carbocycles. The molecule has 134 valence electrons. The molecule has 0 amide bonds. The van der Waals surface area contributed by atoms with Gasteiger partial charge in [-0.1, -0.05) is 56.3 Å². The molecule has 5 heteroatoms. The summed E-state index contributed by atoms with van der Waals surface area (Å²) in [5.41, 5.74) is 3.02. The molecule has 0 aliphatic rings. The van der Waals surface area contributed by atoms with Crippen LogP contribution in [-0.4, -0.2) is 11.3 Å². The molecule has 1 heterocycles. The van der Waals surface area contributed by atoms with Crippen LogP contribution in [0, 0.1) is 0 Å². The number of ether oxygens (including phenoxy) is 2. The van der Waals surface area contributed by atoms with E-state index in [1.165, 1.54) is 0 Å². The van der Waals surface area contributed by atoms with Crippen molar-refractivity contribution in [2.75, 3.05) is 0 Å². The fourth-order valence-electron chi connectivity index (χ4n) is 2.69. The van der Waals surface area contributed by atoms with E-state index in [4.69, 9.17) is 14.3 Å². The van der Waals surface area contributed by atoms with Gasteiger partial charge in [-0.05, 0) is 23.3 Å². The van der Waals surface area contributed by atoms with Crippen molar-refractivity contribution in [1.82, 2.24) is 0 Å². The Bertz CT molecular complexity index is 863. The summed E-state index contributed by atoms with van der Waals surface area (Å²) in [6.07, 6.45) is -1.40. The maximum Gasteiger partial charge on any atom is 0.513 e. The molecule has 0 radical (unpaired) electrons. The van der Waals surface area contributed by atoms with Gasteiger partial charge < -0.3 is 19.0 Å². The van der Waals surface area contributed by atoms with E-state index in [-0.39, 0.29) is 18.5 Å². The SMILES string of the molecule is CC(C)c1oc(OC(=O)O)cc1COc1ccc(-c2ccccc2)cc1. The highest BCUT2D eigenvalue weighted by atomic mass is 16.7. The normalized spacial score (nSPS) is 10.7. The molecule has 0 saturated carbocycles. The zero-order valence-electron chi connectivity index (χ0n) is 14.6. The lowest BCUT2D eigenvalue weighted by molar-refractivity contribution is 0.131. The quantitative estimate of drug-likeness (QED) is 0.576. The van der Waals surface area contributed by atoms with Gasteiger partial charge in [-0.25, -0.2) is 4.79 Å². The summed E-state index contributed by atoms with van der Waals surface area (Å²) < 4.78 is 15.9. The summed E-state index contributed by atoms with van der Waals surface area (Å²) in [5, 5.41) is 8.72. The number of carboxylic acid groups (broad SMARTS) is 1. The molecule has 3 aromatic rings. The summed E-state index contributed by atoms with van der Waals surface area (Å²) in [4.78, 5) is 10.7. The van der Waals surface area contributed by atoms with Gasteiger partial charge in [0.2, 0.25) is 0 Å². The lowest BCUT2D eigenvalue weighted by Crippen LogP contribution is -2.01. The van der Waals surface area contributed by atoms with Crippen molar-refractivity contribution < 1.29 is 23.8 Å². The topological polar surface area (TPSA) is 68.9 Å². The predicted octanol–water partition coefficient (Wildman–Crippen LogP) is 5.71. The van der Waals surface area contributed by atoms with Crippen LogP contribution in [-0.2, 0) is 6.61 Å². The molecule has 0 atom stereocenters. The van der Waals surface area contributed by atoms with Crippen molar-refractivity contribution in [3.05, 3.63) is 72.0 Å². The molecule has 0 saturated heterocycles. The summed E-state index contributed by atoms with van der Waals surface area (Å²) in [7, 11) is 0. The van der Waals surface area contributed by atoms with Gasteiger partial charge in [0.1, 0.15) is 18.1 Å². The first kappa shape index (κ1) is 17.6. The Morgan fingerprint density at radius 2 is 1.69 bits per heavy atom. The van der Waals surface area contributed by atoms with Crippen LogP contribution in [0.4, 0.5) is 4.79 Å². The van der Waals surface area contributed by atoms with Crippen molar-refractivity contribution in [1.29, 1.82) is 0 Å². The van der Waals surface area contributed by atoms with E-state index in [0.29, 0.717) is 5.76 Å². The number of rotatable bonds is 6. The first-order valence-electron chi connectivity index (χ1n) is 8.34. The fourth-order valence-corrected chi connectivity index (χ4v) is 2.69. The molecule has 26 heavy (non-hydrogen) atoms. The first-order valence-corrected chi connectivity index (χ1v) is 8.34. The molecule has 0 spiro atoms. The van der Waals surface area contributed by atoms with Crippen molar-refractivity contribution >= 4 is 6.16 Å². The molecular formula is C21H20O5. The van der Waals surface area contributed by atoms with Gasteiger partial charge in [0.25, 0.3) is 5.95 Å². The van der Waals surface area contributed by atoms with E-state index < -0.39 is 6.16 Å². The summed E-state index contributed by atoms with van der Waals surface area (Å²) >= 11 is 0. The average molecular weight is 352 g/mol. The smallest absolute Gasteiger partial charge is 0.489 e. The molecule has 1 aromatic heterocycles. The second kappa shape index (κ2) is 7.78. The van der Waals surface area contributed by atoms with Gasteiger partial charge in [-0.15, -0.1) is 0 Å². The van der Waals surface area contributed by atoms with Crippen LogP contribution in [0.25, 0.3) is 11.1 Å². The number of hydrogen-bond donors (Lipinski definition) is 1. The van der Waals surface area contributed by atoms with Crippen molar-refractivity contribution in [3.8, 4) is 22.8 Å². The maximum absolute atomic E-state index is 10.7. The third kappa shape index (κ3) is 4.25. The highest BCUT2D eigenvalue weighted by Crippen LogP contribution is 2.30. The van der Waals surface area contributed by atoms with Crippen LogP contribution in [0.2, 0.25) is 0 Å². The number of hydrogen-bond acceptors (Lipinski definition) is 4. The molecule has 2 aromatic carbocycles. The Morgan fingerprint density at radius 1 is 1.04 bits per heavy atom. The van der Waals surface area contributed by atoms with Crippen molar-refractivity contribution in [3.63, 3.8) is 0 Å². The second-order valence-electron chi connectivity index (χ2n) is 6.16. The molecule has 0 unspecified atom stereocenters. The second-order valence-corrected chi connectivity index (χ2v) is 6.16. The van der Waals surface area contributed by atoms with Gasteiger partial charge in [0, 0.05) is 17.5 Å². The summed E-state index contributed by atoms with van der Waals surface area (Å²) in [6, 6.07) is 19.5. The number of benzene rings is 2. The fraction of sp³-hybridized carbons (Fsp3) is 0.190. The largest absolute Gasteiger partial charge is 0.513 e. The van der Waals surface area contributed by atoms with E-state index in [0.717, 1.165) is 22.4 Å².